The number of sulfonamides is 1. The fourth-order valence-corrected chi connectivity index (χ4v) is 3.06. The number of carbonyl (C=O) groups is 2. The van der Waals surface area contributed by atoms with Crippen molar-refractivity contribution in [3.8, 4) is 0 Å². The number of halogens is 1. The Hall–Kier alpha value is -2.78. The summed E-state index contributed by atoms with van der Waals surface area (Å²) in [6.07, 6.45) is 0. The minimum absolute atomic E-state index is 0.0486. The first kappa shape index (κ1) is 20.5. The quantitative estimate of drug-likeness (QED) is 0.758. The maximum Gasteiger partial charge on any atom is 0.338 e. The van der Waals surface area contributed by atoms with E-state index in [0.717, 1.165) is 4.31 Å². The molecule has 144 valence electrons. The van der Waals surface area contributed by atoms with Crippen LogP contribution in [0, 0.1) is 12.7 Å². The van der Waals surface area contributed by atoms with E-state index in [4.69, 9.17) is 4.74 Å². The molecule has 2 aromatic rings. The average molecular weight is 394 g/mol. The molecule has 0 aromatic heterocycles. The van der Waals surface area contributed by atoms with Gasteiger partial charge in [0.1, 0.15) is 5.82 Å². The van der Waals surface area contributed by atoms with Crippen LogP contribution in [-0.2, 0) is 19.6 Å². The second-order valence-corrected chi connectivity index (χ2v) is 8.05. The summed E-state index contributed by atoms with van der Waals surface area (Å²) in [5.41, 5.74) is 0.914. The molecule has 0 atom stereocenters. The van der Waals surface area contributed by atoms with E-state index in [2.05, 4.69) is 5.32 Å². The lowest BCUT2D eigenvalue weighted by atomic mass is 10.1. The Labute approximate surface area is 156 Å². The van der Waals surface area contributed by atoms with E-state index in [1.54, 1.807) is 6.92 Å². The molecular weight excluding hydrogens is 375 g/mol. The number of aryl methyl sites for hydroxylation is 1. The van der Waals surface area contributed by atoms with Crippen LogP contribution in [0.4, 0.5) is 10.1 Å². The van der Waals surface area contributed by atoms with Gasteiger partial charge in [0.05, 0.1) is 10.5 Å². The van der Waals surface area contributed by atoms with Gasteiger partial charge in [0.25, 0.3) is 5.91 Å². The summed E-state index contributed by atoms with van der Waals surface area (Å²) in [5, 5.41) is 2.46. The normalized spacial score (nSPS) is 11.3. The standard InChI is InChI=1S/C18H19FN2O5S/c1-12-4-9-15(27(24,25)21(2)3)10-16(12)18(23)26-11-17(22)20-14-7-5-13(19)6-8-14/h4-10H,11H2,1-3H3,(H,20,22). The fraction of sp³-hybridized carbons (Fsp3) is 0.222. The molecule has 0 fully saturated rings. The molecular formula is C18H19FN2O5S. The van der Waals surface area contributed by atoms with Gasteiger partial charge in [0.15, 0.2) is 6.61 Å². The minimum Gasteiger partial charge on any atom is -0.452 e. The van der Waals surface area contributed by atoms with Gasteiger partial charge in [-0.2, -0.15) is 0 Å². The highest BCUT2D eigenvalue weighted by Crippen LogP contribution is 2.19. The van der Waals surface area contributed by atoms with E-state index in [1.807, 2.05) is 0 Å². The first-order chi connectivity index (χ1) is 12.6. The Morgan fingerprint density at radius 2 is 1.74 bits per heavy atom. The first-order valence-corrected chi connectivity index (χ1v) is 9.31. The van der Waals surface area contributed by atoms with Crippen molar-refractivity contribution in [2.24, 2.45) is 0 Å². The SMILES string of the molecule is Cc1ccc(S(=O)(=O)N(C)C)cc1C(=O)OCC(=O)Nc1ccc(F)cc1. The maximum absolute atomic E-state index is 12.8. The molecule has 0 saturated heterocycles. The summed E-state index contributed by atoms with van der Waals surface area (Å²) in [5.74, 6) is -1.87. The molecule has 1 amide bonds. The first-order valence-electron chi connectivity index (χ1n) is 7.87. The summed E-state index contributed by atoms with van der Waals surface area (Å²) in [6, 6.07) is 9.20. The molecule has 0 bridgehead atoms. The summed E-state index contributed by atoms with van der Waals surface area (Å²) >= 11 is 0. The van der Waals surface area contributed by atoms with Gasteiger partial charge in [-0.25, -0.2) is 21.9 Å². The van der Waals surface area contributed by atoms with E-state index in [0.29, 0.717) is 11.3 Å². The molecule has 2 rings (SSSR count). The van der Waals surface area contributed by atoms with Crippen LogP contribution in [0.2, 0.25) is 0 Å². The molecule has 9 heteroatoms. The van der Waals surface area contributed by atoms with Crippen molar-refractivity contribution in [3.63, 3.8) is 0 Å². The summed E-state index contributed by atoms with van der Waals surface area (Å²) in [4.78, 5) is 24.0. The van der Waals surface area contributed by atoms with Crippen molar-refractivity contribution >= 4 is 27.6 Å². The van der Waals surface area contributed by atoms with Crippen LogP contribution in [0.1, 0.15) is 15.9 Å². The minimum atomic E-state index is -3.71. The van der Waals surface area contributed by atoms with Crippen LogP contribution in [0.5, 0.6) is 0 Å². The lowest BCUT2D eigenvalue weighted by Gasteiger charge is -2.13. The molecule has 0 aliphatic heterocycles. The second kappa shape index (κ2) is 8.28. The predicted molar refractivity (Wildman–Crippen MR) is 97.4 cm³/mol. The Morgan fingerprint density at radius 1 is 1.11 bits per heavy atom. The fourth-order valence-electron chi connectivity index (χ4n) is 2.13. The second-order valence-electron chi connectivity index (χ2n) is 5.90. The molecule has 0 aliphatic carbocycles. The molecule has 7 nitrogen and oxygen atoms in total. The van der Waals surface area contributed by atoms with E-state index < -0.39 is 34.3 Å². The van der Waals surface area contributed by atoms with Gasteiger partial charge in [-0.15, -0.1) is 0 Å². The van der Waals surface area contributed by atoms with Crippen LogP contribution in [-0.4, -0.2) is 45.3 Å². The Bertz CT molecular complexity index is 956. The summed E-state index contributed by atoms with van der Waals surface area (Å²) < 4.78 is 43.2. The zero-order chi connectivity index (χ0) is 20.2. The van der Waals surface area contributed by atoms with Crippen molar-refractivity contribution in [2.45, 2.75) is 11.8 Å². The molecule has 1 N–H and O–H groups in total. The molecule has 0 radical (unpaired) electrons. The van der Waals surface area contributed by atoms with Gasteiger partial charge in [-0.05, 0) is 48.9 Å². The third-order valence-corrected chi connectivity index (χ3v) is 5.48. The van der Waals surface area contributed by atoms with Gasteiger partial charge in [0, 0.05) is 19.8 Å². The number of anilines is 1. The highest BCUT2D eigenvalue weighted by atomic mass is 32.2. The third kappa shape index (κ3) is 5.11. The summed E-state index contributed by atoms with van der Waals surface area (Å²) in [6.45, 7) is 1.06. The van der Waals surface area contributed by atoms with Crippen molar-refractivity contribution in [2.75, 3.05) is 26.0 Å². The van der Waals surface area contributed by atoms with Crippen molar-refractivity contribution < 1.29 is 27.1 Å². The molecule has 0 spiro atoms. The predicted octanol–water partition coefficient (Wildman–Crippen LogP) is 2.18. The Balaban J connectivity index is 2.07. The molecule has 0 saturated carbocycles. The molecule has 0 aliphatic rings. The molecule has 2 aromatic carbocycles. The van der Waals surface area contributed by atoms with E-state index in [1.165, 1.54) is 56.6 Å². The number of carbonyl (C=O) groups excluding carboxylic acids is 2. The Morgan fingerprint density at radius 3 is 2.33 bits per heavy atom. The molecule has 27 heavy (non-hydrogen) atoms. The van der Waals surface area contributed by atoms with Crippen LogP contribution in [0.25, 0.3) is 0 Å². The van der Waals surface area contributed by atoms with Crippen LogP contribution < -0.4 is 5.32 Å². The van der Waals surface area contributed by atoms with Gasteiger partial charge < -0.3 is 10.1 Å². The number of nitrogens with one attached hydrogen (secondary N) is 1. The lowest BCUT2D eigenvalue weighted by Crippen LogP contribution is -2.23. The highest BCUT2D eigenvalue weighted by Gasteiger charge is 2.21. The van der Waals surface area contributed by atoms with Crippen molar-refractivity contribution in [3.05, 3.63) is 59.4 Å². The van der Waals surface area contributed by atoms with E-state index >= 15 is 0 Å². The van der Waals surface area contributed by atoms with Gasteiger partial charge >= 0.3 is 5.97 Å². The molecule has 0 unspecified atom stereocenters. The maximum atomic E-state index is 12.8. The van der Waals surface area contributed by atoms with Gasteiger partial charge in [-0.1, -0.05) is 6.07 Å². The number of hydrogen-bond donors (Lipinski definition) is 1. The Kier molecular flexibility index (Phi) is 6.29. The van der Waals surface area contributed by atoms with Crippen molar-refractivity contribution in [1.82, 2.24) is 4.31 Å². The third-order valence-electron chi connectivity index (χ3n) is 3.67. The van der Waals surface area contributed by atoms with Gasteiger partial charge in [0.2, 0.25) is 10.0 Å². The smallest absolute Gasteiger partial charge is 0.338 e. The largest absolute Gasteiger partial charge is 0.452 e. The summed E-state index contributed by atoms with van der Waals surface area (Å²) in [7, 11) is -0.946. The van der Waals surface area contributed by atoms with E-state index in [9.17, 15) is 22.4 Å². The zero-order valence-electron chi connectivity index (χ0n) is 15.0. The van der Waals surface area contributed by atoms with Crippen LogP contribution in [0.3, 0.4) is 0 Å². The van der Waals surface area contributed by atoms with Crippen LogP contribution in [0.15, 0.2) is 47.4 Å². The monoisotopic (exact) mass is 394 g/mol. The number of hydrogen-bond acceptors (Lipinski definition) is 5. The number of esters is 1. The lowest BCUT2D eigenvalue weighted by molar-refractivity contribution is -0.119. The number of amides is 1. The number of ether oxygens (including phenoxy) is 1. The topological polar surface area (TPSA) is 92.8 Å². The number of rotatable bonds is 6. The van der Waals surface area contributed by atoms with E-state index in [-0.39, 0.29) is 10.5 Å². The highest BCUT2D eigenvalue weighted by molar-refractivity contribution is 7.89. The number of benzene rings is 2. The van der Waals surface area contributed by atoms with Crippen LogP contribution >= 0.6 is 0 Å². The molecule has 0 heterocycles. The van der Waals surface area contributed by atoms with Crippen molar-refractivity contribution in [1.29, 1.82) is 0 Å². The average Bonchev–Trinajstić information content (AvgIpc) is 2.61. The number of nitrogens with zero attached hydrogens (tertiary/aromatic N) is 1. The zero-order valence-corrected chi connectivity index (χ0v) is 15.8. The van der Waals surface area contributed by atoms with Gasteiger partial charge in [-0.3, -0.25) is 4.79 Å².